The fraction of sp³-hybridized carbons (Fsp3) is 0.259. The van der Waals surface area contributed by atoms with E-state index in [-0.39, 0.29) is 10.7 Å². The lowest BCUT2D eigenvalue weighted by Crippen LogP contribution is -2.44. The lowest BCUT2D eigenvalue weighted by atomic mass is 9.98. The average Bonchev–Trinajstić information content (AvgIpc) is 2.79. The number of hydrogen-bond acceptors (Lipinski definition) is 4. The van der Waals surface area contributed by atoms with Gasteiger partial charge in [0.2, 0.25) is 10.0 Å². The predicted molar refractivity (Wildman–Crippen MR) is 132 cm³/mol. The maximum Gasteiger partial charge on any atom is 0.322 e. The van der Waals surface area contributed by atoms with E-state index in [1.54, 1.807) is 26.0 Å². The molecule has 0 aliphatic heterocycles. The third-order valence-electron chi connectivity index (χ3n) is 5.86. The molecule has 3 rings (SSSR count). The number of carboxylic acid groups (broad SMARTS) is 1. The first-order valence-electron chi connectivity index (χ1n) is 11.0. The van der Waals surface area contributed by atoms with Crippen LogP contribution in [0.2, 0.25) is 0 Å². The van der Waals surface area contributed by atoms with Crippen molar-refractivity contribution in [3.05, 3.63) is 89.0 Å². The molecule has 2 N–H and O–H groups in total. The number of ketones is 1. The first-order chi connectivity index (χ1) is 16.0. The fourth-order valence-corrected chi connectivity index (χ4v) is 4.89. The second kappa shape index (κ2) is 10.3. The van der Waals surface area contributed by atoms with Gasteiger partial charge in [-0.25, -0.2) is 8.42 Å². The van der Waals surface area contributed by atoms with Gasteiger partial charge in [0, 0.05) is 12.0 Å². The number of aliphatic carboxylic acids is 1. The first-order valence-corrected chi connectivity index (χ1v) is 12.5. The zero-order valence-electron chi connectivity index (χ0n) is 19.7. The minimum absolute atomic E-state index is 0.00115. The number of Topliss-reactive ketones (excluding diaryl/α,β-unsaturated/α-hetero) is 1. The third kappa shape index (κ3) is 5.98. The van der Waals surface area contributed by atoms with Crippen molar-refractivity contribution in [3.8, 4) is 11.1 Å². The summed E-state index contributed by atoms with van der Waals surface area (Å²) in [6.45, 7) is 7.29. The molecule has 0 unspecified atom stereocenters. The Kier molecular flexibility index (Phi) is 7.69. The van der Waals surface area contributed by atoms with Gasteiger partial charge in [0.1, 0.15) is 6.04 Å². The van der Waals surface area contributed by atoms with Gasteiger partial charge in [-0.05, 0) is 65.8 Å². The third-order valence-corrected chi connectivity index (χ3v) is 7.32. The molecule has 0 radical (unpaired) electrons. The molecule has 0 spiro atoms. The summed E-state index contributed by atoms with van der Waals surface area (Å²) < 4.78 is 27.4. The van der Waals surface area contributed by atoms with Crippen molar-refractivity contribution in [2.75, 3.05) is 0 Å². The Morgan fingerprint density at radius 3 is 1.91 bits per heavy atom. The molecule has 0 aromatic heterocycles. The molecule has 0 saturated heterocycles. The zero-order valence-corrected chi connectivity index (χ0v) is 20.5. The van der Waals surface area contributed by atoms with Gasteiger partial charge >= 0.3 is 5.97 Å². The lowest BCUT2D eigenvalue weighted by molar-refractivity contribution is -0.140. The predicted octanol–water partition coefficient (Wildman–Crippen LogP) is 4.78. The summed E-state index contributed by atoms with van der Waals surface area (Å²) in [6.07, 6.45) is 0.298. The van der Waals surface area contributed by atoms with Gasteiger partial charge in [-0.15, -0.1) is 0 Å². The summed E-state index contributed by atoms with van der Waals surface area (Å²) in [7, 11) is -3.97. The summed E-state index contributed by atoms with van der Waals surface area (Å²) in [4.78, 5) is 24.0. The van der Waals surface area contributed by atoms with Gasteiger partial charge in [-0.1, -0.05) is 62.4 Å². The van der Waals surface area contributed by atoms with Crippen molar-refractivity contribution in [2.45, 2.75) is 45.1 Å². The van der Waals surface area contributed by atoms with Crippen LogP contribution in [0.1, 0.15) is 40.9 Å². The second-order valence-corrected chi connectivity index (χ2v) is 10.5. The number of carboxylic acids is 1. The lowest BCUT2D eigenvalue weighted by Gasteiger charge is -2.18. The van der Waals surface area contributed by atoms with E-state index in [4.69, 9.17) is 0 Å². The van der Waals surface area contributed by atoms with Crippen molar-refractivity contribution >= 4 is 21.8 Å². The Bertz CT molecular complexity index is 1290. The fourth-order valence-electron chi connectivity index (χ4n) is 3.55. The highest BCUT2D eigenvalue weighted by molar-refractivity contribution is 7.89. The smallest absolute Gasteiger partial charge is 0.322 e. The Balaban J connectivity index is 1.72. The number of carbonyl (C=O) groups is 2. The molecule has 0 aliphatic rings. The minimum atomic E-state index is -3.97. The Morgan fingerprint density at radius 1 is 0.853 bits per heavy atom. The van der Waals surface area contributed by atoms with Crippen LogP contribution in [0.25, 0.3) is 11.1 Å². The van der Waals surface area contributed by atoms with Crippen LogP contribution in [0.3, 0.4) is 0 Å². The average molecular weight is 480 g/mol. The Morgan fingerprint density at radius 2 is 1.41 bits per heavy atom. The highest BCUT2D eigenvalue weighted by Gasteiger charge is 2.28. The molecule has 1 atom stereocenters. The molecule has 0 bridgehead atoms. The van der Waals surface area contributed by atoms with E-state index in [0.29, 0.717) is 12.0 Å². The molecule has 178 valence electrons. The molecule has 7 heteroatoms. The van der Waals surface area contributed by atoms with E-state index in [9.17, 15) is 23.1 Å². The van der Waals surface area contributed by atoms with Gasteiger partial charge in [-0.3, -0.25) is 9.59 Å². The van der Waals surface area contributed by atoms with Gasteiger partial charge in [-0.2, -0.15) is 4.72 Å². The molecule has 0 saturated carbocycles. The second-order valence-electron chi connectivity index (χ2n) is 8.80. The van der Waals surface area contributed by atoms with Crippen molar-refractivity contribution in [1.82, 2.24) is 4.72 Å². The van der Waals surface area contributed by atoms with E-state index in [0.717, 1.165) is 27.8 Å². The molecule has 34 heavy (non-hydrogen) atoms. The normalized spacial score (nSPS) is 12.5. The Labute approximate surface area is 200 Å². The van der Waals surface area contributed by atoms with Crippen LogP contribution in [0.4, 0.5) is 0 Å². The summed E-state index contributed by atoms with van der Waals surface area (Å²) in [5, 5.41) is 9.26. The van der Waals surface area contributed by atoms with Crippen molar-refractivity contribution < 1.29 is 23.1 Å². The molecule has 0 fully saturated rings. The zero-order chi connectivity index (χ0) is 25.0. The van der Waals surface area contributed by atoms with Crippen LogP contribution in [0.15, 0.2) is 71.6 Å². The topological polar surface area (TPSA) is 101 Å². The van der Waals surface area contributed by atoms with E-state index in [1.807, 2.05) is 56.3 Å². The minimum Gasteiger partial charge on any atom is -0.480 e. The van der Waals surface area contributed by atoms with E-state index < -0.39 is 28.0 Å². The number of nitrogens with one attached hydrogen (secondary N) is 1. The molecular formula is C27H29NO5S. The van der Waals surface area contributed by atoms with Crippen LogP contribution < -0.4 is 4.72 Å². The standard InChI is InChI=1S/C27H29NO5S/c1-17(2)26(27(30)31)28-34(32,33)24-13-11-22(12-14-24)21-9-6-20(7-10-21)16-25(29)23-8-5-18(3)19(4)15-23/h5-15,17,26,28H,16H2,1-4H3,(H,30,31)/t26-/m0/s1. The van der Waals surface area contributed by atoms with Crippen LogP contribution in [-0.2, 0) is 21.2 Å². The van der Waals surface area contributed by atoms with Crippen LogP contribution in [-0.4, -0.2) is 31.3 Å². The number of hydrogen-bond donors (Lipinski definition) is 2. The largest absolute Gasteiger partial charge is 0.480 e. The van der Waals surface area contributed by atoms with Gasteiger partial charge in [0.25, 0.3) is 0 Å². The quantitative estimate of drug-likeness (QED) is 0.430. The van der Waals surface area contributed by atoms with Gasteiger partial charge in [0.05, 0.1) is 4.90 Å². The highest BCUT2D eigenvalue weighted by atomic mass is 32.2. The van der Waals surface area contributed by atoms with E-state index in [1.165, 1.54) is 12.1 Å². The SMILES string of the molecule is Cc1ccc(C(=O)Cc2ccc(-c3ccc(S(=O)(=O)N[C@H](C(=O)O)C(C)C)cc3)cc2)cc1C. The van der Waals surface area contributed by atoms with E-state index >= 15 is 0 Å². The summed E-state index contributed by atoms with van der Waals surface area (Å²) >= 11 is 0. The van der Waals surface area contributed by atoms with Crippen molar-refractivity contribution in [1.29, 1.82) is 0 Å². The number of benzene rings is 3. The highest BCUT2D eigenvalue weighted by Crippen LogP contribution is 2.23. The van der Waals surface area contributed by atoms with Crippen molar-refractivity contribution in [2.24, 2.45) is 5.92 Å². The molecule has 3 aromatic rings. The van der Waals surface area contributed by atoms with Crippen LogP contribution in [0, 0.1) is 19.8 Å². The monoisotopic (exact) mass is 479 g/mol. The summed E-state index contributed by atoms with van der Waals surface area (Å²) in [5.74, 6) is -1.56. The van der Waals surface area contributed by atoms with E-state index in [2.05, 4.69) is 4.72 Å². The molecule has 0 amide bonds. The maximum absolute atomic E-state index is 12.6. The number of rotatable bonds is 9. The van der Waals surface area contributed by atoms with Crippen LogP contribution >= 0.6 is 0 Å². The molecule has 3 aromatic carbocycles. The summed E-state index contributed by atoms with van der Waals surface area (Å²) in [6, 6.07) is 18.3. The summed E-state index contributed by atoms with van der Waals surface area (Å²) in [5.41, 5.74) is 5.51. The molecular weight excluding hydrogens is 450 g/mol. The van der Waals surface area contributed by atoms with Crippen LogP contribution in [0.5, 0.6) is 0 Å². The molecule has 0 aliphatic carbocycles. The maximum atomic E-state index is 12.6. The first kappa shape index (κ1) is 25.3. The van der Waals surface area contributed by atoms with Gasteiger partial charge in [0.15, 0.2) is 5.78 Å². The number of sulfonamides is 1. The number of aryl methyl sites for hydroxylation is 2. The van der Waals surface area contributed by atoms with Gasteiger partial charge < -0.3 is 5.11 Å². The molecule has 0 heterocycles. The van der Waals surface area contributed by atoms with Crippen molar-refractivity contribution in [3.63, 3.8) is 0 Å². The molecule has 6 nitrogen and oxygen atoms in total. The Hall–Kier alpha value is -3.29. The number of carbonyl (C=O) groups excluding carboxylic acids is 1.